The SMILES string of the molecule is Cc1cc(Br)cnc1Oc1ccc(Cl)c2ccccc12. The number of fused-ring (bicyclic) bond motifs is 1. The van der Waals surface area contributed by atoms with Crippen LogP contribution in [0.4, 0.5) is 0 Å². The fourth-order valence-electron chi connectivity index (χ4n) is 2.06. The van der Waals surface area contributed by atoms with Gasteiger partial charge >= 0.3 is 0 Å². The molecule has 0 atom stereocenters. The second-order valence-corrected chi connectivity index (χ2v) is 5.79. The fourth-order valence-corrected chi connectivity index (χ4v) is 2.74. The van der Waals surface area contributed by atoms with Gasteiger partial charge in [-0.2, -0.15) is 0 Å². The van der Waals surface area contributed by atoms with E-state index in [2.05, 4.69) is 20.9 Å². The molecule has 0 unspecified atom stereocenters. The monoisotopic (exact) mass is 347 g/mol. The maximum atomic E-state index is 6.21. The summed E-state index contributed by atoms with van der Waals surface area (Å²) in [7, 11) is 0. The first kappa shape index (κ1) is 13.4. The lowest BCUT2D eigenvalue weighted by atomic mass is 10.1. The number of halogens is 2. The van der Waals surface area contributed by atoms with Crippen molar-refractivity contribution >= 4 is 38.3 Å². The zero-order valence-corrected chi connectivity index (χ0v) is 13.1. The molecule has 0 spiro atoms. The van der Waals surface area contributed by atoms with Gasteiger partial charge in [0.15, 0.2) is 0 Å². The summed E-state index contributed by atoms with van der Waals surface area (Å²) in [6.45, 7) is 1.96. The second kappa shape index (κ2) is 5.43. The van der Waals surface area contributed by atoms with Crippen molar-refractivity contribution in [2.45, 2.75) is 6.92 Å². The zero-order valence-electron chi connectivity index (χ0n) is 10.7. The predicted octanol–water partition coefficient (Wildman–Crippen LogP) is 5.75. The molecule has 4 heteroatoms. The number of aromatic nitrogens is 1. The highest BCUT2D eigenvalue weighted by Gasteiger charge is 2.09. The summed E-state index contributed by atoms with van der Waals surface area (Å²) in [6.07, 6.45) is 1.72. The van der Waals surface area contributed by atoms with E-state index in [9.17, 15) is 0 Å². The minimum atomic E-state index is 0.598. The van der Waals surface area contributed by atoms with Gasteiger partial charge in [-0.25, -0.2) is 4.98 Å². The van der Waals surface area contributed by atoms with E-state index in [1.165, 1.54) is 0 Å². The third kappa shape index (κ3) is 2.51. The molecule has 3 rings (SSSR count). The zero-order chi connectivity index (χ0) is 14.1. The Hall–Kier alpha value is -1.58. The normalized spacial score (nSPS) is 10.8. The van der Waals surface area contributed by atoms with Crippen LogP contribution in [-0.2, 0) is 0 Å². The number of hydrogen-bond donors (Lipinski definition) is 0. The molecular formula is C16H11BrClNO. The van der Waals surface area contributed by atoms with Gasteiger partial charge < -0.3 is 4.74 Å². The van der Waals surface area contributed by atoms with Gasteiger partial charge in [-0.05, 0) is 41.1 Å². The van der Waals surface area contributed by atoms with Crippen LogP contribution in [-0.4, -0.2) is 4.98 Å². The van der Waals surface area contributed by atoms with Crippen molar-refractivity contribution < 1.29 is 4.74 Å². The number of rotatable bonds is 2. The molecule has 0 amide bonds. The summed E-state index contributed by atoms with van der Waals surface area (Å²) in [5.41, 5.74) is 0.971. The molecule has 2 nitrogen and oxygen atoms in total. The van der Waals surface area contributed by atoms with E-state index in [-0.39, 0.29) is 0 Å². The molecule has 0 aliphatic heterocycles. The molecule has 1 aromatic heterocycles. The van der Waals surface area contributed by atoms with Crippen LogP contribution in [0.25, 0.3) is 10.8 Å². The maximum absolute atomic E-state index is 6.21. The molecule has 1 heterocycles. The van der Waals surface area contributed by atoms with E-state index < -0.39 is 0 Å². The Balaban J connectivity index is 2.09. The Morgan fingerprint density at radius 1 is 1.10 bits per heavy atom. The summed E-state index contributed by atoms with van der Waals surface area (Å²) in [4.78, 5) is 4.30. The fraction of sp³-hybridized carbons (Fsp3) is 0.0625. The molecule has 0 N–H and O–H groups in total. The van der Waals surface area contributed by atoms with Crippen LogP contribution >= 0.6 is 27.5 Å². The van der Waals surface area contributed by atoms with E-state index in [0.717, 1.165) is 26.6 Å². The predicted molar refractivity (Wildman–Crippen MR) is 85.7 cm³/mol. The van der Waals surface area contributed by atoms with E-state index in [1.54, 1.807) is 6.20 Å². The van der Waals surface area contributed by atoms with Crippen molar-refractivity contribution in [3.63, 3.8) is 0 Å². The van der Waals surface area contributed by atoms with E-state index in [1.807, 2.05) is 49.4 Å². The summed E-state index contributed by atoms with van der Waals surface area (Å²) < 4.78 is 6.88. The van der Waals surface area contributed by atoms with Crippen molar-refractivity contribution in [2.24, 2.45) is 0 Å². The number of ether oxygens (including phenoxy) is 1. The van der Waals surface area contributed by atoms with Crippen LogP contribution in [0.5, 0.6) is 11.6 Å². The minimum Gasteiger partial charge on any atom is -0.438 e. The van der Waals surface area contributed by atoms with Gasteiger partial charge in [-0.1, -0.05) is 35.9 Å². The quantitative estimate of drug-likeness (QED) is 0.588. The van der Waals surface area contributed by atoms with Crippen molar-refractivity contribution in [1.29, 1.82) is 0 Å². The van der Waals surface area contributed by atoms with Crippen LogP contribution < -0.4 is 4.74 Å². The van der Waals surface area contributed by atoms with Crippen LogP contribution in [0.2, 0.25) is 5.02 Å². The van der Waals surface area contributed by atoms with Gasteiger partial charge in [0.2, 0.25) is 5.88 Å². The summed E-state index contributed by atoms with van der Waals surface area (Å²) in [6, 6.07) is 13.6. The number of benzene rings is 2. The third-order valence-electron chi connectivity index (χ3n) is 3.03. The molecule has 0 radical (unpaired) electrons. The number of pyridine rings is 1. The smallest absolute Gasteiger partial charge is 0.222 e. The third-order valence-corrected chi connectivity index (χ3v) is 3.80. The van der Waals surface area contributed by atoms with Crippen LogP contribution in [0.1, 0.15) is 5.56 Å². The minimum absolute atomic E-state index is 0.598. The molecule has 100 valence electrons. The van der Waals surface area contributed by atoms with E-state index in [4.69, 9.17) is 16.3 Å². The molecule has 0 aliphatic rings. The average Bonchev–Trinajstić information content (AvgIpc) is 2.45. The Morgan fingerprint density at radius 3 is 2.60 bits per heavy atom. The van der Waals surface area contributed by atoms with Gasteiger partial charge in [0.05, 0.1) is 0 Å². The van der Waals surface area contributed by atoms with Gasteiger partial charge in [-0.15, -0.1) is 0 Å². The van der Waals surface area contributed by atoms with Gasteiger partial charge in [-0.3, -0.25) is 0 Å². The first-order valence-electron chi connectivity index (χ1n) is 6.12. The standard InChI is InChI=1S/C16H11BrClNO/c1-10-8-11(17)9-19-16(10)20-15-7-6-14(18)12-4-2-3-5-13(12)15/h2-9H,1H3. The number of nitrogens with zero attached hydrogens (tertiary/aromatic N) is 1. The molecule has 2 aromatic carbocycles. The Morgan fingerprint density at radius 2 is 1.85 bits per heavy atom. The summed E-state index contributed by atoms with van der Waals surface area (Å²) in [5.74, 6) is 1.35. The van der Waals surface area contributed by atoms with Crippen molar-refractivity contribution in [1.82, 2.24) is 4.98 Å². The highest BCUT2D eigenvalue weighted by atomic mass is 79.9. The Labute approximate surface area is 130 Å². The molecule has 0 saturated carbocycles. The highest BCUT2D eigenvalue weighted by Crippen LogP contribution is 2.34. The van der Waals surface area contributed by atoms with E-state index >= 15 is 0 Å². The lowest BCUT2D eigenvalue weighted by Gasteiger charge is -2.11. The Kier molecular flexibility index (Phi) is 3.64. The first-order valence-corrected chi connectivity index (χ1v) is 7.29. The van der Waals surface area contributed by atoms with Crippen molar-refractivity contribution in [2.75, 3.05) is 0 Å². The largest absolute Gasteiger partial charge is 0.438 e. The number of hydrogen-bond acceptors (Lipinski definition) is 2. The molecule has 0 saturated heterocycles. The molecule has 0 bridgehead atoms. The van der Waals surface area contributed by atoms with Gasteiger partial charge in [0.25, 0.3) is 0 Å². The molecular weight excluding hydrogens is 338 g/mol. The average molecular weight is 349 g/mol. The molecule has 3 aromatic rings. The highest BCUT2D eigenvalue weighted by molar-refractivity contribution is 9.10. The second-order valence-electron chi connectivity index (χ2n) is 4.47. The molecule has 0 fully saturated rings. The van der Waals surface area contributed by atoms with Crippen LogP contribution in [0, 0.1) is 6.92 Å². The Bertz CT molecular complexity index is 789. The lowest BCUT2D eigenvalue weighted by Crippen LogP contribution is -1.92. The summed E-state index contributed by atoms with van der Waals surface area (Å²) in [5, 5.41) is 2.67. The molecule has 20 heavy (non-hydrogen) atoms. The van der Waals surface area contributed by atoms with Gasteiger partial charge in [0.1, 0.15) is 5.75 Å². The number of aryl methyl sites for hydroxylation is 1. The maximum Gasteiger partial charge on any atom is 0.222 e. The van der Waals surface area contributed by atoms with Crippen molar-refractivity contribution in [3.05, 3.63) is 63.7 Å². The summed E-state index contributed by atoms with van der Waals surface area (Å²) >= 11 is 9.60. The lowest BCUT2D eigenvalue weighted by molar-refractivity contribution is 0.464. The first-order chi connectivity index (χ1) is 9.65. The topological polar surface area (TPSA) is 22.1 Å². The van der Waals surface area contributed by atoms with Crippen LogP contribution in [0.3, 0.4) is 0 Å². The van der Waals surface area contributed by atoms with Gasteiger partial charge in [0, 0.05) is 32.0 Å². The van der Waals surface area contributed by atoms with Crippen molar-refractivity contribution in [3.8, 4) is 11.6 Å². The van der Waals surface area contributed by atoms with E-state index in [0.29, 0.717) is 10.9 Å². The van der Waals surface area contributed by atoms with Crippen LogP contribution in [0.15, 0.2) is 53.1 Å². The molecule has 0 aliphatic carbocycles.